The molecule has 1 aliphatic rings. The second-order valence-electron chi connectivity index (χ2n) is 10.1. The van der Waals surface area contributed by atoms with Gasteiger partial charge in [0.05, 0.1) is 6.04 Å². The van der Waals surface area contributed by atoms with E-state index in [2.05, 4.69) is 5.32 Å². The third-order valence-electron chi connectivity index (χ3n) is 3.58. The van der Waals surface area contributed by atoms with Gasteiger partial charge >= 0.3 is 18.3 Å². The van der Waals surface area contributed by atoms with Gasteiger partial charge in [0.1, 0.15) is 16.8 Å². The summed E-state index contributed by atoms with van der Waals surface area (Å²) in [4.78, 5) is 37.6. The smallest absolute Gasteiger partial charge is 0.429 e. The molecule has 0 spiro atoms. The summed E-state index contributed by atoms with van der Waals surface area (Å²) in [5.74, 6) is 0. The van der Waals surface area contributed by atoms with Crippen LogP contribution in [0.3, 0.4) is 0 Å². The quantitative estimate of drug-likeness (QED) is 0.683. The van der Waals surface area contributed by atoms with Crippen LogP contribution in [0.2, 0.25) is 0 Å². The lowest BCUT2D eigenvalue weighted by Gasteiger charge is -2.44. The molecule has 29 heavy (non-hydrogen) atoms. The molecule has 9 heteroatoms. The van der Waals surface area contributed by atoms with Crippen molar-refractivity contribution in [1.82, 2.24) is 15.3 Å². The van der Waals surface area contributed by atoms with Gasteiger partial charge < -0.3 is 19.5 Å². The van der Waals surface area contributed by atoms with Crippen LogP contribution in [-0.2, 0) is 14.2 Å². The van der Waals surface area contributed by atoms with Gasteiger partial charge in [-0.3, -0.25) is 0 Å². The third-order valence-corrected chi connectivity index (χ3v) is 3.58. The number of alkyl carbamates (subject to hydrolysis) is 1. The van der Waals surface area contributed by atoms with E-state index in [9.17, 15) is 14.4 Å². The first-order valence-corrected chi connectivity index (χ1v) is 9.98. The molecule has 0 aliphatic carbocycles. The zero-order valence-corrected chi connectivity index (χ0v) is 19.2. The molecule has 1 atom stereocenters. The van der Waals surface area contributed by atoms with Crippen molar-refractivity contribution >= 4 is 18.3 Å². The molecule has 1 N–H and O–H groups in total. The zero-order valence-electron chi connectivity index (χ0n) is 19.2. The van der Waals surface area contributed by atoms with Crippen LogP contribution >= 0.6 is 0 Å². The number of carbonyl (C=O) groups excluding carboxylic acids is 3. The van der Waals surface area contributed by atoms with Crippen molar-refractivity contribution in [1.29, 1.82) is 0 Å². The summed E-state index contributed by atoms with van der Waals surface area (Å²) in [6.45, 7) is 16.3. The molecular formula is C20H37N3O6. The lowest BCUT2D eigenvalue weighted by Crippen LogP contribution is -2.61. The predicted octanol–water partition coefficient (Wildman–Crippen LogP) is 4.06. The van der Waals surface area contributed by atoms with Gasteiger partial charge in [0.25, 0.3) is 0 Å². The Morgan fingerprint density at radius 1 is 0.828 bits per heavy atom. The highest BCUT2D eigenvalue weighted by molar-refractivity contribution is 5.75. The van der Waals surface area contributed by atoms with Crippen LogP contribution in [0.15, 0.2) is 0 Å². The molecule has 1 unspecified atom stereocenters. The van der Waals surface area contributed by atoms with E-state index in [-0.39, 0.29) is 6.54 Å². The summed E-state index contributed by atoms with van der Waals surface area (Å²) in [6, 6.07) is -0.473. The van der Waals surface area contributed by atoms with Crippen molar-refractivity contribution in [3.05, 3.63) is 0 Å². The molecule has 0 bridgehead atoms. The molecule has 0 saturated carbocycles. The zero-order chi connectivity index (χ0) is 22.6. The number of hydrogen-bond acceptors (Lipinski definition) is 6. The summed E-state index contributed by atoms with van der Waals surface area (Å²) >= 11 is 0. The van der Waals surface area contributed by atoms with Crippen molar-refractivity contribution in [2.75, 3.05) is 13.1 Å². The van der Waals surface area contributed by atoms with Crippen molar-refractivity contribution < 1.29 is 28.6 Å². The summed E-state index contributed by atoms with van der Waals surface area (Å²) in [5.41, 5.74) is -2.08. The van der Waals surface area contributed by atoms with Gasteiger partial charge in [0.15, 0.2) is 0 Å². The van der Waals surface area contributed by atoms with Gasteiger partial charge in [-0.15, -0.1) is 0 Å². The first kappa shape index (κ1) is 24.8. The molecule has 1 heterocycles. The average Bonchev–Trinajstić information content (AvgIpc) is 2.47. The molecule has 1 rings (SSSR count). The van der Waals surface area contributed by atoms with Crippen LogP contribution in [0, 0.1) is 0 Å². The lowest BCUT2D eigenvalue weighted by atomic mass is 10.1. The van der Waals surface area contributed by atoms with Gasteiger partial charge in [-0.05, 0) is 75.2 Å². The van der Waals surface area contributed by atoms with E-state index in [1.165, 1.54) is 10.0 Å². The molecule has 1 saturated heterocycles. The molecule has 168 valence electrons. The van der Waals surface area contributed by atoms with E-state index in [0.717, 1.165) is 0 Å². The Morgan fingerprint density at radius 2 is 1.31 bits per heavy atom. The van der Waals surface area contributed by atoms with Crippen LogP contribution in [-0.4, -0.2) is 64.2 Å². The fourth-order valence-electron chi connectivity index (χ4n) is 2.66. The third kappa shape index (κ3) is 9.23. The van der Waals surface area contributed by atoms with E-state index >= 15 is 0 Å². The van der Waals surface area contributed by atoms with Gasteiger partial charge in [-0.25, -0.2) is 24.4 Å². The van der Waals surface area contributed by atoms with Crippen LogP contribution in [0.25, 0.3) is 0 Å². The Hall–Kier alpha value is -2.19. The molecule has 0 aromatic rings. The highest BCUT2D eigenvalue weighted by atomic mass is 16.6. The molecule has 0 aromatic heterocycles. The normalized spacial score (nSPS) is 18.2. The summed E-state index contributed by atoms with van der Waals surface area (Å²) < 4.78 is 16.2. The minimum Gasteiger partial charge on any atom is -0.444 e. The van der Waals surface area contributed by atoms with Crippen molar-refractivity contribution in [2.45, 2.75) is 98.0 Å². The fourth-order valence-corrected chi connectivity index (χ4v) is 2.66. The maximum Gasteiger partial charge on any atom is 0.429 e. The van der Waals surface area contributed by atoms with E-state index in [1.807, 2.05) is 0 Å². The van der Waals surface area contributed by atoms with Gasteiger partial charge in [0.2, 0.25) is 0 Å². The molecule has 1 fully saturated rings. The second-order valence-corrected chi connectivity index (χ2v) is 10.1. The molecule has 9 nitrogen and oxygen atoms in total. The van der Waals surface area contributed by atoms with Gasteiger partial charge in [0, 0.05) is 13.1 Å². The maximum absolute atomic E-state index is 12.9. The average molecular weight is 416 g/mol. The van der Waals surface area contributed by atoms with E-state index < -0.39 is 41.1 Å². The number of hydrazine groups is 1. The monoisotopic (exact) mass is 415 g/mol. The van der Waals surface area contributed by atoms with E-state index in [1.54, 1.807) is 62.3 Å². The van der Waals surface area contributed by atoms with Crippen LogP contribution in [0.4, 0.5) is 14.4 Å². The maximum atomic E-state index is 12.9. The number of hydrogen-bond donors (Lipinski definition) is 1. The first-order valence-electron chi connectivity index (χ1n) is 9.98. The highest BCUT2D eigenvalue weighted by Crippen LogP contribution is 2.24. The molecule has 0 radical (unpaired) electrons. The molecule has 3 amide bonds. The minimum atomic E-state index is -0.739. The SMILES string of the molecule is CC(C)(C)OC(=O)NCC1CCCN(C(=O)OC(C)(C)C)N1C(=O)OC(C)(C)C. The Morgan fingerprint density at radius 3 is 1.79 bits per heavy atom. The van der Waals surface area contributed by atoms with Crippen molar-refractivity contribution in [3.63, 3.8) is 0 Å². The first-order chi connectivity index (χ1) is 13.0. The minimum absolute atomic E-state index is 0.119. The van der Waals surface area contributed by atoms with Crippen molar-refractivity contribution in [2.24, 2.45) is 0 Å². The van der Waals surface area contributed by atoms with Gasteiger partial charge in [-0.1, -0.05) is 0 Å². The molecular weight excluding hydrogens is 378 g/mol. The second kappa shape index (κ2) is 9.09. The topological polar surface area (TPSA) is 97.4 Å². The lowest BCUT2D eigenvalue weighted by molar-refractivity contribution is -0.0939. The number of nitrogens with one attached hydrogen (secondary N) is 1. The van der Waals surface area contributed by atoms with Gasteiger partial charge in [-0.2, -0.15) is 0 Å². The number of rotatable bonds is 2. The summed E-state index contributed by atoms with van der Waals surface area (Å²) in [5, 5.41) is 5.18. The van der Waals surface area contributed by atoms with Crippen LogP contribution in [0.5, 0.6) is 0 Å². The Kier molecular flexibility index (Phi) is 7.79. The fraction of sp³-hybridized carbons (Fsp3) is 0.850. The largest absolute Gasteiger partial charge is 0.444 e. The molecule has 1 aliphatic heterocycles. The Balaban J connectivity index is 3.00. The Labute approximate surface area is 174 Å². The van der Waals surface area contributed by atoms with Crippen LogP contribution in [0.1, 0.15) is 75.2 Å². The highest BCUT2D eigenvalue weighted by Gasteiger charge is 2.40. The standard InChI is InChI=1S/C20H37N3O6/c1-18(2,3)27-15(24)21-13-14-11-10-12-22(16(25)28-19(4,5)6)23(14)17(26)29-20(7,8)9/h14H,10-13H2,1-9H3,(H,21,24). The Bertz CT molecular complexity index is 601. The number of carbonyl (C=O) groups is 3. The van der Waals surface area contributed by atoms with Crippen LogP contribution < -0.4 is 5.32 Å². The number of nitrogens with zero attached hydrogens (tertiary/aromatic N) is 2. The number of ether oxygens (including phenoxy) is 3. The predicted molar refractivity (Wildman–Crippen MR) is 108 cm³/mol. The summed E-state index contributed by atoms with van der Waals surface area (Å²) in [6.07, 6.45) is -0.645. The van der Waals surface area contributed by atoms with Crippen molar-refractivity contribution in [3.8, 4) is 0 Å². The number of amides is 3. The van der Waals surface area contributed by atoms with E-state index in [4.69, 9.17) is 14.2 Å². The molecule has 0 aromatic carbocycles. The van der Waals surface area contributed by atoms with E-state index in [0.29, 0.717) is 19.4 Å². The summed E-state index contributed by atoms with van der Waals surface area (Å²) in [7, 11) is 0.